The topological polar surface area (TPSA) is 125 Å². The second kappa shape index (κ2) is 5.41. The molecule has 0 aromatic rings. The standard InChI is InChI=1S/C14H19N3O5/c15-6-7-2-1-5-16(7)13(20)10-8-3-4-9(12(19)11(8)18)17(10)14(21)22/h7-12,18-19H,1-5H2,(H,21,22)/t7-,8-,9-,10-,11-,12+/m0/s1. The van der Waals surface area contributed by atoms with E-state index >= 15 is 0 Å². The zero-order valence-corrected chi connectivity index (χ0v) is 12.0. The molecule has 3 N–H and O–H groups in total. The van der Waals surface area contributed by atoms with Crippen molar-refractivity contribution in [1.29, 1.82) is 5.26 Å². The van der Waals surface area contributed by atoms with E-state index in [1.165, 1.54) is 4.90 Å². The maximum atomic E-state index is 12.8. The van der Waals surface area contributed by atoms with Gasteiger partial charge in [0.1, 0.15) is 18.2 Å². The van der Waals surface area contributed by atoms with Crippen LogP contribution in [0.1, 0.15) is 25.7 Å². The molecule has 22 heavy (non-hydrogen) atoms. The third kappa shape index (κ3) is 2.04. The summed E-state index contributed by atoms with van der Waals surface area (Å²) in [6, 6.07) is -0.247. The highest BCUT2D eigenvalue weighted by Crippen LogP contribution is 2.41. The molecule has 4 rings (SSSR count). The fourth-order valence-corrected chi connectivity index (χ4v) is 4.14. The summed E-state index contributed by atoms with van der Waals surface area (Å²) in [6.45, 7) is 0.428. The molecule has 2 bridgehead atoms. The molecule has 3 aliphatic heterocycles. The Morgan fingerprint density at radius 1 is 1.14 bits per heavy atom. The first-order chi connectivity index (χ1) is 10.5. The van der Waals surface area contributed by atoms with E-state index in [0.29, 0.717) is 32.2 Å². The smallest absolute Gasteiger partial charge is 0.408 e. The average Bonchev–Trinajstić information content (AvgIpc) is 2.98. The highest BCUT2D eigenvalue weighted by molar-refractivity contribution is 5.87. The molecule has 4 aliphatic rings. The van der Waals surface area contributed by atoms with Gasteiger partial charge in [0.25, 0.3) is 0 Å². The largest absolute Gasteiger partial charge is 0.465 e. The third-order valence-corrected chi connectivity index (χ3v) is 5.20. The number of amides is 2. The van der Waals surface area contributed by atoms with Gasteiger partial charge in [-0.05, 0) is 25.7 Å². The number of carbonyl (C=O) groups is 2. The molecule has 1 saturated carbocycles. The Morgan fingerprint density at radius 3 is 2.50 bits per heavy atom. The highest BCUT2D eigenvalue weighted by Gasteiger charge is 2.57. The van der Waals surface area contributed by atoms with E-state index in [-0.39, 0.29) is 0 Å². The van der Waals surface area contributed by atoms with Gasteiger partial charge in [0.05, 0.1) is 18.2 Å². The average molecular weight is 309 g/mol. The molecule has 0 spiro atoms. The monoisotopic (exact) mass is 309 g/mol. The summed E-state index contributed by atoms with van der Waals surface area (Å²) < 4.78 is 0. The lowest BCUT2D eigenvalue weighted by Gasteiger charge is -2.54. The van der Waals surface area contributed by atoms with E-state index < -0.39 is 48.3 Å². The Labute approximate surface area is 127 Å². The first-order valence-corrected chi connectivity index (χ1v) is 7.55. The second-order valence-electron chi connectivity index (χ2n) is 6.24. The number of aliphatic hydroxyl groups excluding tert-OH is 2. The fourth-order valence-electron chi connectivity index (χ4n) is 4.14. The summed E-state index contributed by atoms with van der Waals surface area (Å²) in [4.78, 5) is 26.8. The number of fused-ring (bicyclic) bond motifs is 3. The Balaban J connectivity index is 1.92. The van der Waals surface area contributed by atoms with Crippen LogP contribution >= 0.6 is 0 Å². The number of nitriles is 1. The molecule has 0 aromatic carbocycles. The second-order valence-corrected chi connectivity index (χ2v) is 6.24. The van der Waals surface area contributed by atoms with Gasteiger partial charge < -0.3 is 20.2 Å². The van der Waals surface area contributed by atoms with E-state index in [4.69, 9.17) is 5.26 Å². The van der Waals surface area contributed by atoms with Gasteiger partial charge in [-0.3, -0.25) is 9.69 Å². The van der Waals surface area contributed by atoms with Gasteiger partial charge in [-0.1, -0.05) is 0 Å². The van der Waals surface area contributed by atoms with Crippen LogP contribution < -0.4 is 0 Å². The summed E-state index contributed by atoms with van der Waals surface area (Å²) >= 11 is 0. The fraction of sp³-hybridized carbons (Fsp3) is 0.786. The molecule has 2 amide bonds. The van der Waals surface area contributed by atoms with Gasteiger partial charge in [0.2, 0.25) is 5.91 Å². The number of piperidine rings is 2. The van der Waals surface area contributed by atoms with E-state index in [2.05, 4.69) is 6.07 Å². The molecule has 8 heteroatoms. The lowest BCUT2D eigenvalue weighted by Crippen LogP contribution is -2.71. The number of carboxylic acid groups (broad SMARTS) is 1. The van der Waals surface area contributed by atoms with Crippen LogP contribution in [0.3, 0.4) is 0 Å². The van der Waals surface area contributed by atoms with Crippen LogP contribution in [-0.2, 0) is 4.79 Å². The Hall–Kier alpha value is -1.85. The van der Waals surface area contributed by atoms with Gasteiger partial charge in [0.15, 0.2) is 0 Å². The van der Waals surface area contributed by atoms with Crippen LogP contribution in [0, 0.1) is 17.2 Å². The molecule has 8 nitrogen and oxygen atoms in total. The maximum absolute atomic E-state index is 12.8. The van der Waals surface area contributed by atoms with Crippen molar-refractivity contribution in [1.82, 2.24) is 9.80 Å². The quantitative estimate of drug-likeness (QED) is 0.592. The zero-order valence-electron chi connectivity index (χ0n) is 12.0. The van der Waals surface area contributed by atoms with Crippen molar-refractivity contribution in [2.45, 2.75) is 56.0 Å². The van der Waals surface area contributed by atoms with Gasteiger partial charge in [0, 0.05) is 12.5 Å². The predicted octanol–water partition coefficient (Wildman–Crippen LogP) is -0.636. The number of hydrogen-bond donors (Lipinski definition) is 3. The highest BCUT2D eigenvalue weighted by atomic mass is 16.4. The van der Waals surface area contributed by atoms with Gasteiger partial charge >= 0.3 is 6.09 Å². The third-order valence-electron chi connectivity index (χ3n) is 5.20. The summed E-state index contributed by atoms with van der Waals surface area (Å²) in [5, 5.41) is 38.7. The zero-order chi connectivity index (χ0) is 16.0. The summed E-state index contributed by atoms with van der Waals surface area (Å²) in [5.41, 5.74) is 0. The van der Waals surface area contributed by atoms with Crippen molar-refractivity contribution >= 4 is 12.0 Å². The minimum absolute atomic E-state index is 0.424. The number of hydrogen-bond acceptors (Lipinski definition) is 5. The predicted molar refractivity (Wildman–Crippen MR) is 72.5 cm³/mol. The van der Waals surface area contributed by atoms with E-state index in [1.54, 1.807) is 0 Å². The van der Waals surface area contributed by atoms with Gasteiger partial charge in [-0.2, -0.15) is 5.26 Å². The van der Waals surface area contributed by atoms with Crippen LogP contribution in [-0.4, -0.2) is 74.0 Å². The molecule has 6 atom stereocenters. The van der Waals surface area contributed by atoms with Crippen molar-refractivity contribution in [2.24, 2.45) is 5.92 Å². The molecule has 0 aromatic heterocycles. The lowest BCUT2D eigenvalue weighted by molar-refractivity contribution is -0.174. The minimum Gasteiger partial charge on any atom is -0.465 e. The lowest BCUT2D eigenvalue weighted by atomic mass is 9.70. The molecule has 120 valence electrons. The number of likely N-dealkylation sites (tertiary alicyclic amines) is 1. The van der Waals surface area contributed by atoms with Gasteiger partial charge in [-0.25, -0.2) is 4.79 Å². The number of carbonyl (C=O) groups excluding carboxylic acids is 1. The Morgan fingerprint density at radius 2 is 1.86 bits per heavy atom. The van der Waals surface area contributed by atoms with Crippen LogP contribution in [0.25, 0.3) is 0 Å². The normalized spacial score (nSPS) is 40.6. The maximum Gasteiger partial charge on any atom is 0.408 e. The molecule has 1 aliphatic carbocycles. The van der Waals surface area contributed by atoms with Crippen LogP contribution in [0.5, 0.6) is 0 Å². The van der Waals surface area contributed by atoms with Crippen LogP contribution in [0.15, 0.2) is 0 Å². The number of aliphatic hydroxyl groups is 2. The van der Waals surface area contributed by atoms with E-state index in [9.17, 15) is 24.9 Å². The minimum atomic E-state index is -1.27. The van der Waals surface area contributed by atoms with Crippen molar-refractivity contribution < 1.29 is 24.9 Å². The Kier molecular flexibility index (Phi) is 3.70. The molecule has 3 heterocycles. The first kappa shape index (κ1) is 15.1. The SMILES string of the molecule is N#C[C@@H]1CCCN1C(=O)[C@@H]1[C@@H]2CC[C@@H]([C@@H](O)[C@H]2O)N1C(=O)O. The van der Waals surface area contributed by atoms with Crippen molar-refractivity contribution in [2.75, 3.05) is 6.54 Å². The summed E-state index contributed by atoms with van der Waals surface area (Å²) in [5.74, 6) is -1.05. The Bertz CT molecular complexity index is 533. The molecular weight excluding hydrogens is 290 g/mol. The molecule has 3 saturated heterocycles. The summed E-state index contributed by atoms with van der Waals surface area (Å²) in [7, 11) is 0. The molecular formula is C14H19N3O5. The number of nitrogens with zero attached hydrogens (tertiary/aromatic N) is 3. The summed E-state index contributed by atoms with van der Waals surface area (Å²) in [6.07, 6.45) is -1.32. The van der Waals surface area contributed by atoms with Crippen molar-refractivity contribution in [3.63, 3.8) is 0 Å². The van der Waals surface area contributed by atoms with Crippen LogP contribution in [0.4, 0.5) is 4.79 Å². The van der Waals surface area contributed by atoms with Crippen molar-refractivity contribution in [3.05, 3.63) is 0 Å². The molecule has 4 fully saturated rings. The molecule has 0 unspecified atom stereocenters. The first-order valence-electron chi connectivity index (χ1n) is 7.55. The van der Waals surface area contributed by atoms with Gasteiger partial charge in [-0.15, -0.1) is 0 Å². The number of rotatable bonds is 1. The van der Waals surface area contributed by atoms with Crippen molar-refractivity contribution in [3.8, 4) is 6.07 Å². The molecule has 0 radical (unpaired) electrons. The van der Waals surface area contributed by atoms with Crippen LogP contribution in [0.2, 0.25) is 0 Å². The van der Waals surface area contributed by atoms with E-state index in [0.717, 1.165) is 4.90 Å². The van der Waals surface area contributed by atoms with E-state index in [1.807, 2.05) is 0 Å².